The molecular formula is C10H19N3O2S. The molecule has 0 aliphatic carbocycles. The van der Waals surface area contributed by atoms with Crippen molar-refractivity contribution in [2.45, 2.75) is 39.3 Å². The molecule has 0 bridgehead atoms. The molecular weight excluding hydrogens is 226 g/mol. The van der Waals surface area contributed by atoms with Gasteiger partial charge < -0.3 is 20.9 Å². The lowest BCUT2D eigenvalue weighted by atomic mass is 10.1. The molecule has 0 aliphatic rings. The monoisotopic (exact) mass is 245 g/mol. The first-order chi connectivity index (χ1) is 7.35. The van der Waals surface area contributed by atoms with E-state index in [1.807, 2.05) is 27.7 Å². The minimum atomic E-state index is -0.423. The zero-order chi connectivity index (χ0) is 12.3. The van der Waals surface area contributed by atoms with Crippen molar-refractivity contribution in [3.63, 3.8) is 0 Å². The molecule has 5 nitrogen and oxygen atoms in total. The Kier molecular flexibility index (Phi) is 3.98. The lowest BCUT2D eigenvalue weighted by Crippen LogP contribution is -2.34. The molecule has 92 valence electrons. The van der Waals surface area contributed by atoms with E-state index in [1.54, 1.807) is 0 Å². The summed E-state index contributed by atoms with van der Waals surface area (Å²) >= 11 is 1.24. The Morgan fingerprint density at radius 1 is 1.56 bits per heavy atom. The number of nitrogen functional groups attached to an aromatic ring is 1. The van der Waals surface area contributed by atoms with Crippen LogP contribution in [-0.4, -0.2) is 27.7 Å². The van der Waals surface area contributed by atoms with Crippen LogP contribution in [0.25, 0.3) is 0 Å². The smallest absolute Gasteiger partial charge is 0.197 e. The van der Waals surface area contributed by atoms with Gasteiger partial charge in [0.2, 0.25) is 0 Å². The van der Waals surface area contributed by atoms with Crippen molar-refractivity contribution >= 4 is 22.4 Å². The van der Waals surface area contributed by atoms with Crippen LogP contribution in [0.1, 0.15) is 27.7 Å². The van der Waals surface area contributed by atoms with Gasteiger partial charge in [-0.1, -0.05) is 0 Å². The SMILES string of the molecule is CC(C)Oc1c(N)nsc1NC(C)(C)CO. The molecule has 0 aromatic carbocycles. The third kappa shape index (κ3) is 3.24. The van der Waals surface area contributed by atoms with Gasteiger partial charge in [0, 0.05) is 0 Å². The Balaban J connectivity index is 2.88. The van der Waals surface area contributed by atoms with Crippen molar-refractivity contribution in [2.75, 3.05) is 17.7 Å². The molecule has 1 aromatic heterocycles. The summed E-state index contributed by atoms with van der Waals surface area (Å²) in [6, 6.07) is 0. The summed E-state index contributed by atoms with van der Waals surface area (Å²) in [7, 11) is 0. The fraction of sp³-hybridized carbons (Fsp3) is 0.700. The van der Waals surface area contributed by atoms with Gasteiger partial charge >= 0.3 is 0 Å². The third-order valence-electron chi connectivity index (χ3n) is 1.87. The number of aromatic nitrogens is 1. The zero-order valence-corrected chi connectivity index (χ0v) is 10.9. The number of anilines is 2. The van der Waals surface area contributed by atoms with E-state index < -0.39 is 5.54 Å². The Labute approximate surface area is 99.8 Å². The van der Waals surface area contributed by atoms with E-state index in [0.717, 1.165) is 5.00 Å². The molecule has 0 fully saturated rings. The Bertz CT molecular complexity index is 350. The van der Waals surface area contributed by atoms with Crippen LogP contribution in [0.3, 0.4) is 0 Å². The maximum atomic E-state index is 9.18. The maximum absolute atomic E-state index is 9.18. The predicted octanol–water partition coefficient (Wildman–Crippen LogP) is 1.70. The number of rotatable bonds is 5. The van der Waals surface area contributed by atoms with Gasteiger partial charge in [-0.3, -0.25) is 0 Å². The number of aliphatic hydroxyl groups excluding tert-OH is 1. The van der Waals surface area contributed by atoms with Crippen LogP contribution in [0.2, 0.25) is 0 Å². The number of aliphatic hydroxyl groups is 1. The maximum Gasteiger partial charge on any atom is 0.197 e. The summed E-state index contributed by atoms with van der Waals surface area (Å²) in [5.74, 6) is 0.955. The molecule has 0 radical (unpaired) electrons. The van der Waals surface area contributed by atoms with Crippen LogP contribution in [0.15, 0.2) is 0 Å². The fourth-order valence-corrected chi connectivity index (χ4v) is 1.90. The highest BCUT2D eigenvalue weighted by Crippen LogP contribution is 2.37. The van der Waals surface area contributed by atoms with Crippen LogP contribution in [0.5, 0.6) is 5.75 Å². The molecule has 4 N–H and O–H groups in total. The summed E-state index contributed by atoms with van der Waals surface area (Å²) < 4.78 is 9.62. The molecule has 1 aromatic rings. The molecule has 0 spiro atoms. The normalized spacial score (nSPS) is 11.9. The molecule has 0 atom stereocenters. The second-order valence-electron chi connectivity index (χ2n) is 4.56. The first-order valence-electron chi connectivity index (χ1n) is 5.16. The van der Waals surface area contributed by atoms with E-state index in [2.05, 4.69) is 9.69 Å². The number of hydrogen-bond donors (Lipinski definition) is 3. The Morgan fingerprint density at radius 2 is 2.19 bits per heavy atom. The molecule has 16 heavy (non-hydrogen) atoms. The summed E-state index contributed by atoms with van der Waals surface area (Å²) in [6.07, 6.45) is 0.0384. The number of hydrogen-bond acceptors (Lipinski definition) is 6. The number of nitrogens with zero attached hydrogens (tertiary/aromatic N) is 1. The van der Waals surface area contributed by atoms with Crippen LogP contribution in [0, 0.1) is 0 Å². The Hall–Kier alpha value is -1.01. The van der Waals surface area contributed by atoms with E-state index >= 15 is 0 Å². The van der Waals surface area contributed by atoms with E-state index in [1.165, 1.54) is 11.5 Å². The fourth-order valence-electron chi connectivity index (χ4n) is 1.07. The first-order valence-corrected chi connectivity index (χ1v) is 5.94. The van der Waals surface area contributed by atoms with Crippen molar-refractivity contribution < 1.29 is 9.84 Å². The largest absolute Gasteiger partial charge is 0.484 e. The lowest BCUT2D eigenvalue weighted by molar-refractivity contribution is 0.230. The molecule has 1 rings (SSSR count). The average Bonchev–Trinajstić information content (AvgIpc) is 2.49. The van der Waals surface area contributed by atoms with Crippen molar-refractivity contribution in [1.82, 2.24) is 4.37 Å². The summed E-state index contributed by atoms with van der Waals surface area (Å²) in [4.78, 5) is 0. The van der Waals surface area contributed by atoms with Crippen molar-refractivity contribution in [1.29, 1.82) is 0 Å². The topological polar surface area (TPSA) is 80.4 Å². The minimum Gasteiger partial charge on any atom is -0.484 e. The van der Waals surface area contributed by atoms with Gasteiger partial charge in [0.1, 0.15) is 0 Å². The molecule has 1 heterocycles. The highest BCUT2D eigenvalue weighted by atomic mass is 32.1. The van der Waals surface area contributed by atoms with Gasteiger partial charge in [-0.2, -0.15) is 4.37 Å². The first kappa shape index (κ1) is 13.1. The van der Waals surface area contributed by atoms with Crippen LogP contribution in [0.4, 0.5) is 10.8 Å². The highest BCUT2D eigenvalue weighted by molar-refractivity contribution is 7.11. The minimum absolute atomic E-state index is 0.0198. The van der Waals surface area contributed by atoms with Crippen LogP contribution in [-0.2, 0) is 0 Å². The standard InChI is InChI=1S/C10H19N3O2S/c1-6(2)15-7-8(11)13-16-9(7)12-10(3,4)5-14/h6,12,14H,5H2,1-4H3,(H2,11,13). The van der Waals surface area contributed by atoms with Gasteiger partial charge in [-0.25, -0.2) is 0 Å². The summed E-state index contributed by atoms with van der Waals surface area (Å²) in [6.45, 7) is 7.66. The lowest BCUT2D eigenvalue weighted by Gasteiger charge is -2.24. The van der Waals surface area contributed by atoms with Gasteiger partial charge in [0.05, 0.1) is 18.2 Å². The molecule has 0 unspecified atom stereocenters. The number of ether oxygens (including phenoxy) is 1. The molecule has 0 aliphatic heterocycles. The van der Waals surface area contributed by atoms with Gasteiger partial charge in [0.25, 0.3) is 0 Å². The van der Waals surface area contributed by atoms with E-state index in [0.29, 0.717) is 11.6 Å². The number of nitrogens with two attached hydrogens (primary N) is 1. The van der Waals surface area contributed by atoms with Gasteiger partial charge in [0.15, 0.2) is 16.6 Å². The molecule has 0 saturated carbocycles. The second kappa shape index (κ2) is 4.88. The Morgan fingerprint density at radius 3 is 2.69 bits per heavy atom. The summed E-state index contributed by atoms with van der Waals surface area (Å²) in [5.41, 5.74) is 5.30. The predicted molar refractivity (Wildman–Crippen MR) is 67.1 cm³/mol. The summed E-state index contributed by atoms with van der Waals surface area (Å²) in [5, 5.41) is 13.1. The van der Waals surface area contributed by atoms with Gasteiger partial charge in [-0.15, -0.1) is 0 Å². The molecule has 6 heteroatoms. The van der Waals surface area contributed by atoms with E-state index in [-0.39, 0.29) is 12.7 Å². The zero-order valence-electron chi connectivity index (χ0n) is 10.1. The highest BCUT2D eigenvalue weighted by Gasteiger charge is 2.22. The van der Waals surface area contributed by atoms with Crippen molar-refractivity contribution in [3.8, 4) is 5.75 Å². The van der Waals surface area contributed by atoms with Crippen LogP contribution >= 0.6 is 11.5 Å². The van der Waals surface area contributed by atoms with Gasteiger partial charge in [-0.05, 0) is 39.2 Å². The average molecular weight is 245 g/mol. The second-order valence-corrected chi connectivity index (χ2v) is 5.33. The van der Waals surface area contributed by atoms with Crippen LogP contribution < -0.4 is 15.8 Å². The molecule has 0 saturated heterocycles. The van der Waals surface area contributed by atoms with Crippen molar-refractivity contribution in [2.24, 2.45) is 0 Å². The number of nitrogens with one attached hydrogen (secondary N) is 1. The quantitative estimate of drug-likeness (QED) is 0.735. The van der Waals surface area contributed by atoms with E-state index in [4.69, 9.17) is 10.5 Å². The molecule has 0 amide bonds. The van der Waals surface area contributed by atoms with Crippen molar-refractivity contribution in [3.05, 3.63) is 0 Å². The van der Waals surface area contributed by atoms with E-state index in [9.17, 15) is 5.11 Å². The third-order valence-corrected chi connectivity index (χ3v) is 2.63.